The van der Waals surface area contributed by atoms with Crippen LogP contribution in [0.3, 0.4) is 0 Å². The highest BCUT2D eigenvalue weighted by Gasteiger charge is 2.23. The van der Waals surface area contributed by atoms with Gasteiger partial charge in [-0.25, -0.2) is 0 Å². The predicted molar refractivity (Wildman–Crippen MR) is 131 cm³/mol. The Morgan fingerprint density at radius 1 is 1.03 bits per heavy atom. The number of para-hydroxylation sites is 1. The van der Waals surface area contributed by atoms with Gasteiger partial charge in [-0.2, -0.15) is 0 Å². The van der Waals surface area contributed by atoms with Gasteiger partial charge in [0.15, 0.2) is 12.4 Å². The van der Waals surface area contributed by atoms with Crippen molar-refractivity contribution in [2.75, 3.05) is 56.1 Å². The van der Waals surface area contributed by atoms with Crippen molar-refractivity contribution in [3.8, 4) is 5.75 Å². The van der Waals surface area contributed by atoms with Crippen molar-refractivity contribution in [2.45, 2.75) is 25.7 Å². The number of nitrogens with zero attached hydrogens (tertiary/aromatic N) is 2. The number of ether oxygens (including phenoxy) is 1. The summed E-state index contributed by atoms with van der Waals surface area (Å²) in [4.78, 5) is 29.1. The summed E-state index contributed by atoms with van der Waals surface area (Å²) < 4.78 is 5.45. The Balaban J connectivity index is 1.10. The molecule has 0 atom stereocenters. The fraction of sp³-hybridized carbons (Fsp3) is 0.440. The summed E-state index contributed by atoms with van der Waals surface area (Å²) in [5.74, 6) is -0.112. The number of rotatable bonds is 9. The van der Waals surface area contributed by atoms with Crippen molar-refractivity contribution < 1.29 is 14.3 Å². The fourth-order valence-electron chi connectivity index (χ4n) is 4.31. The number of piperazine rings is 1. The Hall–Kier alpha value is -2.77. The van der Waals surface area contributed by atoms with Crippen LogP contribution in [0.2, 0.25) is 5.02 Å². The molecule has 2 aliphatic heterocycles. The second-order valence-corrected chi connectivity index (χ2v) is 8.94. The summed E-state index contributed by atoms with van der Waals surface area (Å²) in [5, 5.41) is 6.01. The minimum atomic E-state index is -0.255. The normalized spacial score (nSPS) is 16.0. The Labute approximate surface area is 200 Å². The zero-order valence-electron chi connectivity index (χ0n) is 18.8. The van der Waals surface area contributed by atoms with Crippen molar-refractivity contribution >= 4 is 34.8 Å². The van der Waals surface area contributed by atoms with Crippen LogP contribution in [0.15, 0.2) is 42.5 Å². The van der Waals surface area contributed by atoms with E-state index in [0.29, 0.717) is 28.6 Å². The van der Waals surface area contributed by atoms with Crippen LogP contribution in [0.5, 0.6) is 5.75 Å². The Kier molecular flexibility index (Phi) is 8.07. The lowest BCUT2D eigenvalue weighted by Gasteiger charge is -2.36. The predicted octanol–water partition coefficient (Wildman–Crippen LogP) is 3.78. The van der Waals surface area contributed by atoms with Gasteiger partial charge in [-0.1, -0.05) is 42.6 Å². The average Bonchev–Trinajstić information content (AvgIpc) is 2.83. The first-order valence-electron chi connectivity index (χ1n) is 11.7. The van der Waals surface area contributed by atoms with Crippen molar-refractivity contribution in [1.82, 2.24) is 10.2 Å². The van der Waals surface area contributed by atoms with Gasteiger partial charge in [0, 0.05) is 43.4 Å². The molecule has 0 aliphatic carbocycles. The van der Waals surface area contributed by atoms with Gasteiger partial charge in [-0.15, -0.1) is 0 Å². The highest BCUT2D eigenvalue weighted by atomic mass is 35.5. The first-order valence-corrected chi connectivity index (χ1v) is 12.0. The van der Waals surface area contributed by atoms with Gasteiger partial charge < -0.3 is 20.3 Å². The van der Waals surface area contributed by atoms with Gasteiger partial charge in [0.25, 0.3) is 11.8 Å². The number of nitrogens with one attached hydrogen (secondary N) is 2. The van der Waals surface area contributed by atoms with Gasteiger partial charge in [-0.05, 0) is 43.7 Å². The molecule has 4 rings (SSSR count). The summed E-state index contributed by atoms with van der Waals surface area (Å²) in [6.07, 6.45) is 4.32. The average molecular weight is 471 g/mol. The molecule has 0 aromatic heterocycles. The van der Waals surface area contributed by atoms with E-state index in [4.69, 9.17) is 16.3 Å². The monoisotopic (exact) mass is 470 g/mol. The number of amides is 2. The van der Waals surface area contributed by atoms with Crippen LogP contribution in [0, 0.1) is 0 Å². The minimum absolute atomic E-state index is 0.101. The molecule has 7 nitrogen and oxygen atoms in total. The van der Waals surface area contributed by atoms with Gasteiger partial charge in [0.2, 0.25) is 0 Å². The lowest BCUT2D eigenvalue weighted by atomic mass is 10.1. The molecule has 2 heterocycles. The molecule has 2 aromatic rings. The number of hydrogen-bond donors (Lipinski definition) is 2. The van der Waals surface area contributed by atoms with E-state index in [0.717, 1.165) is 52.0 Å². The molecule has 1 saturated heterocycles. The minimum Gasteiger partial charge on any atom is -0.481 e. The number of benzene rings is 2. The van der Waals surface area contributed by atoms with Crippen LogP contribution in [-0.4, -0.2) is 62.6 Å². The Morgan fingerprint density at radius 3 is 2.58 bits per heavy atom. The third kappa shape index (κ3) is 6.39. The molecule has 2 amide bonds. The first kappa shape index (κ1) is 23.4. The SMILES string of the molecule is O=C1COc2c(cc(Cl)cc2C(=O)NCCCCCCN2CCN(c3ccccc3)CC2)N1. The molecule has 2 aromatic carbocycles. The highest BCUT2D eigenvalue weighted by molar-refractivity contribution is 6.31. The number of fused-ring (bicyclic) bond motifs is 1. The number of halogens is 1. The second kappa shape index (κ2) is 11.4. The van der Waals surface area contributed by atoms with Crippen LogP contribution in [-0.2, 0) is 4.79 Å². The molecule has 2 aliphatic rings. The number of carbonyl (C=O) groups excluding carboxylic acids is 2. The maximum atomic E-state index is 12.6. The number of carbonyl (C=O) groups is 2. The zero-order valence-corrected chi connectivity index (χ0v) is 19.6. The summed E-state index contributed by atoms with van der Waals surface area (Å²) in [6.45, 7) is 6.01. The molecular weight excluding hydrogens is 440 g/mol. The molecule has 0 radical (unpaired) electrons. The fourth-order valence-corrected chi connectivity index (χ4v) is 4.53. The van der Waals surface area contributed by atoms with Gasteiger partial charge in [0.1, 0.15) is 0 Å². The van der Waals surface area contributed by atoms with Gasteiger partial charge >= 0.3 is 0 Å². The summed E-state index contributed by atoms with van der Waals surface area (Å²) >= 11 is 6.10. The highest BCUT2D eigenvalue weighted by Crippen LogP contribution is 2.34. The smallest absolute Gasteiger partial charge is 0.262 e. The zero-order chi connectivity index (χ0) is 23.0. The summed E-state index contributed by atoms with van der Waals surface area (Å²) in [7, 11) is 0. The standard InChI is InChI=1S/C25H31ClN4O3/c26-19-16-21(24-22(17-19)28-23(31)18-33-24)25(32)27-10-6-1-2-7-11-29-12-14-30(15-13-29)20-8-4-3-5-9-20/h3-5,8-9,16-17H,1-2,6-7,10-15,18H2,(H,27,32)(H,28,31). The largest absolute Gasteiger partial charge is 0.481 e. The quantitative estimate of drug-likeness (QED) is 0.545. The molecule has 1 fully saturated rings. The molecule has 33 heavy (non-hydrogen) atoms. The van der Waals surface area contributed by atoms with Crippen LogP contribution in [0.25, 0.3) is 0 Å². The number of anilines is 2. The molecule has 0 bridgehead atoms. The molecule has 0 saturated carbocycles. The van der Waals surface area contributed by atoms with Crippen molar-refractivity contribution in [3.05, 3.63) is 53.1 Å². The topological polar surface area (TPSA) is 73.9 Å². The van der Waals surface area contributed by atoms with E-state index < -0.39 is 0 Å². The number of hydrogen-bond acceptors (Lipinski definition) is 5. The van der Waals surface area contributed by atoms with E-state index in [1.54, 1.807) is 12.1 Å². The Bertz CT molecular complexity index is 962. The molecule has 0 spiro atoms. The van der Waals surface area contributed by atoms with Crippen molar-refractivity contribution in [1.29, 1.82) is 0 Å². The van der Waals surface area contributed by atoms with E-state index in [1.807, 2.05) is 0 Å². The van der Waals surface area contributed by atoms with Crippen LogP contribution < -0.4 is 20.3 Å². The van der Waals surface area contributed by atoms with Crippen LogP contribution in [0.4, 0.5) is 11.4 Å². The van der Waals surface area contributed by atoms with E-state index in [-0.39, 0.29) is 18.4 Å². The van der Waals surface area contributed by atoms with E-state index in [9.17, 15) is 9.59 Å². The lowest BCUT2D eigenvalue weighted by Crippen LogP contribution is -2.46. The third-order valence-corrected chi connectivity index (χ3v) is 6.32. The van der Waals surface area contributed by atoms with Gasteiger partial charge in [-0.3, -0.25) is 14.5 Å². The number of unbranched alkanes of at least 4 members (excludes halogenated alkanes) is 3. The van der Waals surface area contributed by atoms with Crippen molar-refractivity contribution in [3.63, 3.8) is 0 Å². The van der Waals surface area contributed by atoms with Crippen LogP contribution >= 0.6 is 11.6 Å². The van der Waals surface area contributed by atoms with Gasteiger partial charge in [0.05, 0.1) is 11.3 Å². The molecule has 0 unspecified atom stereocenters. The van der Waals surface area contributed by atoms with Crippen LogP contribution in [0.1, 0.15) is 36.0 Å². The second-order valence-electron chi connectivity index (χ2n) is 8.50. The maximum absolute atomic E-state index is 12.6. The first-order chi connectivity index (χ1) is 16.1. The van der Waals surface area contributed by atoms with Crippen molar-refractivity contribution in [2.24, 2.45) is 0 Å². The molecule has 2 N–H and O–H groups in total. The molecule has 176 valence electrons. The van der Waals surface area contributed by atoms with E-state index >= 15 is 0 Å². The maximum Gasteiger partial charge on any atom is 0.262 e. The third-order valence-electron chi connectivity index (χ3n) is 6.10. The van der Waals surface area contributed by atoms with E-state index in [2.05, 4.69) is 50.8 Å². The summed E-state index contributed by atoms with van der Waals surface area (Å²) in [5.41, 5.74) is 2.11. The Morgan fingerprint density at radius 2 is 1.79 bits per heavy atom. The summed E-state index contributed by atoms with van der Waals surface area (Å²) in [6, 6.07) is 13.8. The lowest BCUT2D eigenvalue weighted by molar-refractivity contribution is -0.118. The molecule has 8 heteroatoms. The van der Waals surface area contributed by atoms with E-state index in [1.165, 1.54) is 12.1 Å². The molecular formula is C25H31ClN4O3.